The van der Waals surface area contributed by atoms with E-state index in [-0.39, 0.29) is 5.92 Å². The summed E-state index contributed by atoms with van der Waals surface area (Å²) in [5, 5.41) is -3.09. The van der Waals surface area contributed by atoms with E-state index in [1.165, 1.54) is 0 Å². The van der Waals surface area contributed by atoms with E-state index in [9.17, 15) is 8.78 Å². The molecule has 0 unspecified atom stereocenters. The second-order valence-corrected chi connectivity index (χ2v) is 4.61. The van der Waals surface area contributed by atoms with Gasteiger partial charge in [-0.2, -0.15) is 20.5 Å². The van der Waals surface area contributed by atoms with Crippen molar-refractivity contribution in [2.45, 2.75) is 25.1 Å². The van der Waals surface area contributed by atoms with E-state index in [0.717, 1.165) is 11.5 Å². The first kappa shape index (κ1) is 10.6. The van der Waals surface area contributed by atoms with Gasteiger partial charge in [-0.05, 0) is 41.9 Å². The van der Waals surface area contributed by atoms with Crippen LogP contribution in [-0.2, 0) is 0 Å². The zero-order valence-electron chi connectivity index (χ0n) is 6.95. The fourth-order valence-electron chi connectivity index (χ4n) is 1.21. The van der Waals surface area contributed by atoms with Crippen LogP contribution in [0.25, 0.3) is 0 Å². The molecule has 71 valence electrons. The number of thioether (sulfide) groups is 1. The zero-order chi connectivity index (χ0) is 9.19. The maximum absolute atomic E-state index is 12.6. The van der Waals surface area contributed by atoms with Gasteiger partial charge in [-0.1, -0.05) is 6.92 Å². The third-order valence-electron chi connectivity index (χ3n) is 2.07. The van der Waals surface area contributed by atoms with E-state index in [0.29, 0.717) is 18.8 Å². The fraction of sp³-hybridized carbons (Fsp3) is 0.875. The number of rotatable bonds is 4. The molecule has 0 atom stereocenters. The molecular weight excluding hydrogens is 202 g/mol. The number of halogens is 3. The van der Waals surface area contributed by atoms with Crippen LogP contribution in [0.1, 0.15) is 19.8 Å². The van der Waals surface area contributed by atoms with Gasteiger partial charge in [-0.15, -0.1) is 0 Å². The second kappa shape index (κ2) is 4.14. The van der Waals surface area contributed by atoms with Gasteiger partial charge in [0.2, 0.25) is 0 Å². The predicted molar refractivity (Wildman–Crippen MR) is 49.8 cm³/mol. The van der Waals surface area contributed by atoms with E-state index in [1.54, 1.807) is 18.7 Å². The molecule has 0 N–H and O–H groups in total. The lowest BCUT2D eigenvalue weighted by Gasteiger charge is -2.29. The molecule has 0 aliphatic carbocycles. The first-order valence-corrected chi connectivity index (χ1v) is 5.57. The third-order valence-corrected chi connectivity index (χ3v) is 3.75. The molecule has 12 heavy (non-hydrogen) atoms. The van der Waals surface area contributed by atoms with Crippen LogP contribution in [-0.4, -0.2) is 16.9 Å². The Kier molecular flexibility index (Phi) is 3.65. The summed E-state index contributed by atoms with van der Waals surface area (Å²) in [7, 11) is 0. The van der Waals surface area contributed by atoms with Gasteiger partial charge >= 0.3 is 5.38 Å². The minimum Gasteiger partial charge on any atom is -0.188 e. The first-order chi connectivity index (χ1) is 5.54. The van der Waals surface area contributed by atoms with Gasteiger partial charge in [0.05, 0.1) is 5.92 Å². The van der Waals surface area contributed by atoms with Gasteiger partial charge in [-0.3, -0.25) is 0 Å². The lowest BCUT2D eigenvalue weighted by Crippen LogP contribution is -2.27. The average Bonchev–Trinajstić information content (AvgIpc) is 1.82. The molecule has 0 aromatic heterocycles. The molecule has 1 aliphatic rings. The maximum atomic E-state index is 12.6. The quantitative estimate of drug-likeness (QED) is 0.644. The van der Waals surface area contributed by atoms with E-state index in [2.05, 4.69) is 0 Å². The Morgan fingerprint density at radius 1 is 1.58 bits per heavy atom. The van der Waals surface area contributed by atoms with Crippen LogP contribution in [0.15, 0.2) is 0 Å². The van der Waals surface area contributed by atoms with Crippen LogP contribution in [0.5, 0.6) is 0 Å². The Morgan fingerprint density at radius 2 is 2.17 bits per heavy atom. The summed E-state index contributed by atoms with van der Waals surface area (Å²) in [6.07, 6.45) is 0.887. The Labute approximate surface area is 81.0 Å². The van der Waals surface area contributed by atoms with Crippen molar-refractivity contribution >= 4 is 23.4 Å². The van der Waals surface area contributed by atoms with Crippen molar-refractivity contribution in [2.24, 2.45) is 5.92 Å². The van der Waals surface area contributed by atoms with Crippen molar-refractivity contribution < 1.29 is 8.78 Å². The molecule has 0 aromatic carbocycles. The Balaban J connectivity index is 2.34. The van der Waals surface area contributed by atoms with Gasteiger partial charge in [0, 0.05) is 0 Å². The molecule has 1 rings (SSSR count). The Bertz CT molecular complexity index is 142. The molecular formula is C8H12ClF2S. The van der Waals surface area contributed by atoms with Crippen molar-refractivity contribution in [3.05, 3.63) is 5.92 Å². The second-order valence-electron chi connectivity index (χ2n) is 3.06. The van der Waals surface area contributed by atoms with E-state index < -0.39 is 5.38 Å². The largest absolute Gasteiger partial charge is 0.327 e. The number of alkyl halides is 3. The summed E-state index contributed by atoms with van der Waals surface area (Å²) >= 11 is 6.75. The van der Waals surface area contributed by atoms with Crippen molar-refractivity contribution in [3.8, 4) is 0 Å². The van der Waals surface area contributed by atoms with Crippen LogP contribution in [0.4, 0.5) is 8.78 Å². The minimum absolute atomic E-state index is 0.189. The Hall–Kier alpha value is 0.500. The third kappa shape index (κ3) is 2.77. The highest BCUT2D eigenvalue weighted by atomic mass is 35.5. The van der Waals surface area contributed by atoms with E-state index in [4.69, 9.17) is 11.6 Å². The predicted octanol–water partition coefficient (Wildman–Crippen LogP) is 3.56. The molecule has 1 aliphatic heterocycles. The molecule has 0 bridgehead atoms. The highest BCUT2D eigenvalue weighted by Crippen LogP contribution is 2.41. The lowest BCUT2D eigenvalue weighted by atomic mass is 9.94. The van der Waals surface area contributed by atoms with Crippen molar-refractivity contribution in [2.75, 3.05) is 11.5 Å². The van der Waals surface area contributed by atoms with Gasteiger partial charge in [-0.25, -0.2) is 0 Å². The molecule has 0 aromatic rings. The minimum atomic E-state index is -3.09. The van der Waals surface area contributed by atoms with Crippen LogP contribution >= 0.6 is 23.4 Å². The summed E-state index contributed by atoms with van der Waals surface area (Å²) in [6.45, 7) is 1.73. The van der Waals surface area contributed by atoms with Gasteiger partial charge in [0.1, 0.15) is 0 Å². The molecule has 1 saturated heterocycles. The lowest BCUT2D eigenvalue weighted by molar-refractivity contribution is 0.0978. The summed E-state index contributed by atoms with van der Waals surface area (Å²) in [5.74, 6) is 2.65. The molecule has 1 radical (unpaired) electrons. The smallest absolute Gasteiger partial charge is 0.188 e. The first-order valence-electron chi connectivity index (χ1n) is 4.03. The van der Waals surface area contributed by atoms with Gasteiger partial charge < -0.3 is 0 Å². The Morgan fingerprint density at radius 3 is 2.42 bits per heavy atom. The fourth-order valence-corrected chi connectivity index (χ4v) is 2.23. The number of hydrogen-bond donors (Lipinski definition) is 0. The SMILES string of the molecule is CC[C](CC1CSC1)C(F)(F)Cl. The maximum Gasteiger partial charge on any atom is 0.327 e. The van der Waals surface area contributed by atoms with Crippen molar-refractivity contribution in [1.29, 1.82) is 0 Å². The standard InChI is InChI=1S/C8H12ClF2S/c1-2-7(8(9,10)11)3-6-4-12-5-6/h6H,2-5H2,1H3. The highest BCUT2D eigenvalue weighted by molar-refractivity contribution is 8.00. The average molecular weight is 214 g/mol. The number of hydrogen-bond acceptors (Lipinski definition) is 1. The summed E-state index contributed by atoms with van der Waals surface area (Å²) < 4.78 is 25.3. The molecule has 0 spiro atoms. The van der Waals surface area contributed by atoms with E-state index in [1.807, 2.05) is 0 Å². The molecule has 0 nitrogen and oxygen atoms in total. The highest BCUT2D eigenvalue weighted by Gasteiger charge is 2.38. The van der Waals surface area contributed by atoms with Crippen molar-refractivity contribution in [1.82, 2.24) is 0 Å². The van der Waals surface area contributed by atoms with Gasteiger partial charge in [0.15, 0.2) is 0 Å². The van der Waals surface area contributed by atoms with Crippen LogP contribution in [0, 0.1) is 11.8 Å². The topological polar surface area (TPSA) is 0 Å². The van der Waals surface area contributed by atoms with Crippen molar-refractivity contribution in [3.63, 3.8) is 0 Å². The van der Waals surface area contributed by atoms with Gasteiger partial charge in [0.25, 0.3) is 0 Å². The van der Waals surface area contributed by atoms with Crippen LogP contribution in [0.2, 0.25) is 0 Å². The molecule has 0 amide bonds. The van der Waals surface area contributed by atoms with Crippen LogP contribution in [0.3, 0.4) is 0 Å². The summed E-state index contributed by atoms with van der Waals surface area (Å²) in [5.41, 5.74) is 0. The summed E-state index contributed by atoms with van der Waals surface area (Å²) in [4.78, 5) is 0. The molecule has 0 saturated carbocycles. The monoisotopic (exact) mass is 213 g/mol. The van der Waals surface area contributed by atoms with E-state index >= 15 is 0 Å². The molecule has 1 fully saturated rings. The molecule has 1 heterocycles. The summed E-state index contributed by atoms with van der Waals surface area (Å²) in [6, 6.07) is 0. The zero-order valence-corrected chi connectivity index (χ0v) is 8.52. The van der Waals surface area contributed by atoms with Crippen LogP contribution < -0.4 is 0 Å². The molecule has 4 heteroatoms. The normalized spacial score (nSPS) is 19.8.